The maximum atomic E-state index is 13.5. The summed E-state index contributed by atoms with van der Waals surface area (Å²) in [5.41, 5.74) is 4.76. The summed E-state index contributed by atoms with van der Waals surface area (Å²) in [6.45, 7) is -2.19. The molecular weight excluding hydrogens is 373 g/mol. The summed E-state index contributed by atoms with van der Waals surface area (Å²) in [7, 11) is -4.35. The van der Waals surface area contributed by atoms with Crippen molar-refractivity contribution in [3.05, 3.63) is 28.5 Å². The lowest BCUT2D eigenvalue weighted by Gasteiger charge is -2.15. The molecule has 4 nitrogen and oxygen atoms in total. The van der Waals surface area contributed by atoms with Crippen LogP contribution in [0, 0.1) is 5.82 Å². The maximum Gasteiger partial charge on any atom is 0.273 e. The van der Waals surface area contributed by atoms with E-state index < -0.39 is 39.7 Å². The monoisotopic (exact) mass is 382 g/mol. The minimum atomic E-state index is -4.35. The smallest absolute Gasteiger partial charge is 0.273 e. The van der Waals surface area contributed by atoms with E-state index in [1.807, 2.05) is 0 Å². The summed E-state index contributed by atoms with van der Waals surface area (Å²) in [5.74, 6) is -4.42. The zero-order valence-electron chi connectivity index (χ0n) is 9.37. The molecule has 1 aromatic rings. The molecule has 0 saturated heterocycles. The number of benzene rings is 1. The first-order valence-corrected chi connectivity index (χ1v) is 6.99. The van der Waals surface area contributed by atoms with Crippen molar-refractivity contribution >= 4 is 38.4 Å². The molecule has 0 atom stereocenters. The molecule has 110 valence electrons. The molecule has 3 N–H and O–H groups in total. The van der Waals surface area contributed by atoms with Crippen molar-refractivity contribution in [2.45, 2.75) is 10.8 Å². The summed E-state index contributed by atoms with van der Waals surface area (Å²) < 4.78 is 64.0. The van der Waals surface area contributed by atoms with Gasteiger partial charge in [0.1, 0.15) is 4.90 Å². The van der Waals surface area contributed by atoms with Gasteiger partial charge in [-0.2, -0.15) is 0 Å². The van der Waals surface area contributed by atoms with Gasteiger partial charge in [0.05, 0.1) is 17.6 Å². The van der Waals surface area contributed by atoms with Gasteiger partial charge in [0.2, 0.25) is 10.0 Å². The predicted molar refractivity (Wildman–Crippen MR) is 70.5 cm³/mol. The minimum Gasteiger partial charge on any atom is -0.325 e. The molecule has 0 aliphatic carbocycles. The lowest BCUT2D eigenvalue weighted by Crippen LogP contribution is -2.41. The molecule has 0 fully saturated rings. The van der Waals surface area contributed by atoms with E-state index in [0.717, 1.165) is 6.07 Å². The minimum absolute atomic E-state index is 0. The molecule has 0 aromatic heterocycles. The quantitative estimate of drug-likeness (QED) is 0.815. The fourth-order valence-electron chi connectivity index (χ4n) is 1.04. The van der Waals surface area contributed by atoms with Crippen LogP contribution in [0.4, 0.5) is 13.2 Å². The van der Waals surface area contributed by atoms with E-state index in [9.17, 15) is 21.6 Å². The molecule has 1 aromatic carbocycles. The molecule has 0 amide bonds. The van der Waals surface area contributed by atoms with Crippen molar-refractivity contribution in [1.82, 2.24) is 4.72 Å². The first kappa shape index (κ1) is 18.7. The van der Waals surface area contributed by atoms with E-state index in [4.69, 9.17) is 5.73 Å². The standard InChI is InChI=1S/C9H10BrF3N2O2S.ClH/c10-6-2-1-3-7(8(6)11)18(16,17)15-5-9(12,13)4-14;/h1-3,15H,4-5,14H2;1H. The van der Waals surface area contributed by atoms with Gasteiger partial charge < -0.3 is 5.73 Å². The Balaban J connectivity index is 0.00000324. The second-order valence-electron chi connectivity index (χ2n) is 3.44. The number of hydrogen-bond acceptors (Lipinski definition) is 3. The Morgan fingerprint density at radius 2 is 1.95 bits per heavy atom. The van der Waals surface area contributed by atoms with E-state index >= 15 is 0 Å². The molecule has 10 heteroatoms. The zero-order chi connectivity index (χ0) is 14.0. The molecule has 0 heterocycles. The fourth-order valence-corrected chi connectivity index (χ4v) is 2.70. The Bertz CT molecular complexity index is 542. The van der Waals surface area contributed by atoms with Crippen molar-refractivity contribution in [3.8, 4) is 0 Å². The first-order chi connectivity index (χ1) is 8.19. The van der Waals surface area contributed by atoms with E-state index in [2.05, 4.69) is 15.9 Å². The third-order valence-corrected chi connectivity index (χ3v) is 4.06. The lowest BCUT2D eigenvalue weighted by atomic mass is 10.3. The Hall–Kier alpha value is -0.350. The number of halogens is 5. The molecular formula is C9H11BrClF3N2O2S. The Morgan fingerprint density at radius 3 is 2.47 bits per heavy atom. The average Bonchev–Trinajstić information content (AvgIpc) is 2.30. The zero-order valence-corrected chi connectivity index (χ0v) is 12.6. The predicted octanol–water partition coefficient (Wildman–Crippen LogP) is 1.88. The van der Waals surface area contributed by atoms with Crippen molar-refractivity contribution < 1.29 is 21.6 Å². The molecule has 19 heavy (non-hydrogen) atoms. The third kappa shape index (κ3) is 4.92. The van der Waals surface area contributed by atoms with Crippen LogP contribution in [-0.4, -0.2) is 27.4 Å². The normalized spacial score (nSPS) is 12.1. The van der Waals surface area contributed by atoms with Gasteiger partial charge in [-0.1, -0.05) is 6.07 Å². The van der Waals surface area contributed by atoms with E-state index in [1.54, 1.807) is 4.72 Å². The average molecular weight is 384 g/mol. The van der Waals surface area contributed by atoms with Crippen LogP contribution >= 0.6 is 28.3 Å². The van der Waals surface area contributed by atoms with Crippen LogP contribution in [0.2, 0.25) is 0 Å². The van der Waals surface area contributed by atoms with Crippen molar-refractivity contribution in [3.63, 3.8) is 0 Å². The fraction of sp³-hybridized carbons (Fsp3) is 0.333. The van der Waals surface area contributed by atoms with Gasteiger partial charge in [0, 0.05) is 0 Å². The molecule has 0 unspecified atom stereocenters. The molecule has 1 rings (SSSR count). The summed E-state index contributed by atoms with van der Waals surface area (Å²) in [4.78, 5) is -0.704. The first-order valence-electron chi connectivity index (χ1n) is 4.71. The Labute approximate surface area is 123 Å². The van der Waals surface area contributed by atoms with Gasteiger partial charge in [-0.15, -0.1) is 12.4 Å². The van der Waals surface area contributed by atoms with Crippen molar-refractivity contribution in [2.75, 3.05) is 13.1 Å². The van der Waals surface area contributed by atoms with Crippen LogP contribution < -0.4 is 10.5 Å². The van der Waals surface area contributed by atoms with Gasteiger partial charge in [0.15, 0.2) is 5.82 Å². The number of alkyl halides is 2. The maximum absolute atomic E-state index is 13.5. The number of sulfonamides is 1. The summed E-state index contributed by atoms with van der Waals surface area (Å²) in [6, 6.07) is 3.55. The van der Waals surface area contributed by atoms with Crippen LogP contribution in [-0.2, 0) is 10.0 Å². The van der Waals surface area contributed by atoms with Crippen LogP contribution in [0.3, 0.4) is 0 Å². The molecule has 0 radical (unpaired) electrons. The number of nitrogens with two attached hydrogens (primary N) is 1. The van der Waals surface area contributed by atoms with Crippen LogP contribution in [0.15, 0.2) is 27.6 Å². The number of nitrogens with one attached hydrogen (secondary N) is 1. The van der Waals surface area contributed by atoms with Gasteiger partial charge in [-0.25, -0.2) is 26.3 Å². The highest BCUT2D eigenvalue weighted by molar-refractivity contribution is 9.10. The molecule has 0 aliphatic heterocycles. The molecule has 0 aliphatic rings. The van der Waals surface area contributed by atoms with E-state index in [-0.39, 0.29) is 16.9 Å². The van der Waals surface area contributed by atoms with Gasteiger partial charge in [-0.3, -0.25) is 0 Å². The van der Waals surface area contributed by atoms with Crippen molar-refractivity contribution in [1.29, 1.82) is 0 Å². The number of hydrogen-bond donors (Lipinski definition) is 2. The summed E-state index contributed by atoms with van der Waals surface area (Å²) in [6.07, 6.45) is 0. The molecule has 0 saturated carbocycles. The second-order valence-corrected chi connectivity index (χ2v) is 6.03. The van der Waals surface area contributed by atoms with Gasteiger partial charge in [0.25, 0.3) is 5.92 Å². The Morgan fingerprint density at radius 1 is 1.37 bits per heavy atom. The SMILES string of the molecule is Cl.NCC(F)(F)CNS(=O)(=O)c1cccc(Br)c1F. The lowest BCUT2D eigenvalue weighted by molar-refractivity contribution is 0.0170. The highest BCUT2D eigenvalue weighted by Crippen LogP contribution is 2.22. The largest absolute Gasteiger partial charge is 0.325 e. The van der Waals surface area contributed by atoms with Gasteiger partial charge >= 0.3 is 0 Å². The third-order valence-electron chi connectivity index (χ3n) is 2.03. The van der Waals surface area contributed by atoms with E-state index in [1.165, 1.54) is 12.1 Å². The molecule has 0 bridgehead atoms. The summed E-state index contributed by atoms with van der Waals surface area (Å²) in [5, 5.41) is 0. The van der Waals surface area contributed by atoms with Crippen LogP contribution in [0.5, 0.6) is 0 Å². The Kier molecular flexibility index (Phi) is 6.76. The van der Waals surface area contributed by atoms with Crippen LogP contribution in [0.25, 0.3) is 0 Å². The van der Waals surface area contributed by atoms with Crippen molar-refractivity contribution in [2.24, 2.45) is 5.73 Å². The highest BCUT2D eigenvalue weighted by atomic mass is 79.9. The molecule has 0 spiro atoms. The topological polar surface area (TPSA) is 72.2 Å². The number of rotatable bonds is 5. The second kappa shape index (κ2) is 6.89. The van der Waals surface area contributed by atoms with Crippen LogP contribution in [0.1, 0.15) is 0 Å². The summed E-state index contributed by atoms with van der Waals surface area (Å²) >= 11 is 2.81. The van der Waals surface area contributed by atoms with E-state index in [0.29, 0.717) is 0 Å². The van der Waals surface area contributed by atoms with Gasteiger partial charge in [-0.05, 0) is 28.1 Å². The highest BCUT2D eigenvalue weighted by Gasteiger charge is 2.30.